The van der Waals surface area contributed by atoms with Crippen LogP contribution >= 0.6 is 0 Å². The van der Waals surface area contributed by atoms with E-state index in [1.807, 2.05) is 13.8 Å². The highest BCUT2D eigenvalue weighted by Crippen LogP contribution is 2.32. The maximum Gasteiger partial charge on any atom is 0.416 e. The van der Waals surface area contributed by atoms with Crippen LogP contribution in [0.15, 0.2) is 12.1 Å². The molecule has 1 aromatic rings. The van der Waals surface area contributed by atoms with Crippen molar-refractivity contribution in [2.24, 2.45) is 11.8 Å². The molecular formula is C11H17F3N4. The zero-order valence-corrected chi connectivity index (χ0v) is 10.5. The van der Waals surface area contributed by atoms with E-state index in [1.54, 1.807) is 11.9 Å². The summed E-state index contributed by atoms with van der Waals surface area (Å²) < 4.78 is 38.1. The van der Waals surface area contributed by atoms with Gasteiger partial charge in [-0.1, -0.05) is 13.8 Å². The van der Waals surface area contributed by atoms with E-state index in [1.165, 1.54) is 0 Å². The lowest BCUT2D eigenvalue weighted by molar-refractivity contribution is -0.137. The second-order valence-corrected chi connectivity index (χ2v) is 4.52. The molecule has 0 bridgehead atoms. The molecule has 1 aromatic heterocycles. The Bertz CT molecular complexity index is 404. The highest BCUT2D eigenvalue weighted by molar-refractivity contribution is 5.50. The number of nitrogen functional groups attached to an aromatic ring is 1. The molecule has 0 unspecified atom stereocenters. The van der Waals surface area contributed by atoms with Gasteiger partial charge in [0.15, 0.2) is 0 Å². The van der Waals surface area contributed by atoms with Gasteiger partial charge in [-0.2, -0.15) is 13.2 Å². The van der Waals surface area contributed by atoms with Crippen LogP contribution in [-0.4, -0.2) is 18.6 Å². The zero-order chi connectivity index (χ0) is 13.9. The Kier molecular flexibility index (Phi) is 4.39. The molecule has 3 N–H and O–H groups in total. The van der Waals surface area contributed by atoms with Gasteiger partial charge in [-0.25, -0.2) is 10.8 Å². The van der Waals surface area contributed by atoms with E-state index in [4.69, 9.17) is 5.84 Å². The van der Waals surface area contributed by atoms with Gasteiger partial charge in [0.2, 0.25) is 0 Å². The third-order valence-corrected chi connectivity index (χ3v) is 2.32. The summed E-state index contributed by atoms with van der Waals surface area (Å²) in [7, 11) is 1.70. The molecule has 0 radical (unpaired) electrons. The van der Waals surface area contributed by atoms with Crippen LogP contribution in [0.2, 0.25) is 0 Å². The van der Waals surface area contributed by atoms with E-state index in [0.29, 0.717) is 12.5 Å². The fourth-order valence-electron chi connectivity index (χ4n) is 1.59. The molecule has 0 saturated heterocycles. The van der Waals surface area contributed by atoms with Crippen LogP contribution in [0.5, 0.6) is 0 Å². The molecule has 1 heterocycles. The number of hydrogen-bond donors (Lipinski definition) is 2. The number of halogens is 3. The number of hydrogen-bond acceptors (Lipinski definition) is 4. The summed E-state index contributed by atoms with van der Waals surface area (Å²) in [6.45, 7) is 4.57. The monoisotopic (exact) mass is 262 g/mol. The van der Waals surface area contributed by atoms with Crippen LogP contribution in [0, 0.1) is 5.92 Å². The standard InChI is InChI=1S/C11H17F3N4/c1-7(2)6-18(3)10-5-8(11(12,13)14)4-9(16-10)17-15/h4-5,7H,6,15H2,1-3H3,(H,16,17). The topological polar surface area (TPSA) is 54.2 Å². The molecule has 7 heteroatoms. The Morgan fingerprint density at radius 3 is 2.44 bits per heavy atom. The largest absolute Gasteiger partial charge is 0.416 e. The van der Waals surface area contributed by atoms with E-state index in [2.05, 4.69) is 10.4 Å². The number of aromatic nitrogens is 1. The van der Waals surface area contributed by atoms with E-state index in [0.717, 1.165) is 12.1 Å². The van der Waals surface area contributed by atoms with Gasteiger partial charge in [0.25, 0.3) is 0 Å². The van der Waals surface area contributed by atoms with Crippen LogP contribution < -0.4 is 16.2 Å². The Balaban J connectivity index is 3.12. The molecule has 0 spiro atoms. The summed E-state index contributed by atoms with van der Waals surface area (Å²) in [5, 5.41) is 0. The SMILES string of the molecule is CC(C)CN(C)c1cc(C(F)(F)F)cc(NN)n1. The van der Waals surface area contributed by atoms with Gasteiger partial charge < -0.3 is 10.3 Å². The minimum atomic E-state index is -4.41. The molecule has 0 aliphatic carbocycles. The van der Waals surface area contributed by atoms with Crippen molar-refractivity contribution in [2.75, 3.05) is 23.9 Å². The lowest BCUT2D eigenvalue weighted by Crippen LogP contribution is -2.25. The highest BCUT2D eigenvalue weighted by Gasteiger charge is 2.32. The molecule has 102 valence electrons. The molecule has 4 nitrogen and oxygen atoms in total. The van der Waals surface area contributed by atoms with Gasteiger partial charge in [0.1, 0.15) is 11.6 Å². The predicted octanol–water partition coefficient (Wildman–Crippen LogP) is 2.48. The first kappa shape index (κ1) is 14.6. The molecular weight excluding hydrogens is 245 g/mol. The molecule has 18 heavy (non-hydrogen) atoms. The maximum absolute atomic E-state index is 12.7. The van der Waals surface area contributed by atoms with Crippen molar-refractivity contribution < 1.29 is 13.2 Å². The van der Waals surface area contributed by atoms with Gasteiger partial charge in [0.05, 0.1) is 5.56 Å². The van der Waals surface area contributed by atoms with Crippen molar-refractivity contribution in [3.05, 3.63) is 17.7 Å². The van der Waals surface area contributed by atoms with Crippen LogP contribution in [0.25, 0.3) is 0 Å². The number of nitrogens with two attached hydrogens (primary N) is 1. The normalized spacial score (nSPS) is 11.8. The van der Waals surface area contributed by atoms with Crippen molar-refractivity contribution >= 4 is 11.6 Å². The summed E-state index contributed by atoms with van der Waals surface area (Å²) in [6, 6.07) is 1.90. The van der Waals surface area contributed by atoms with Gasteiger partial charge in [-0.15, -0.1) is 0 Å². The van der Waals surface area contributed by atoms with Crippen LogP contribution in [-0.2, 0) is 6.18 Å². The van der Waals surface area contributed by atoms with Crippen molar-refractivity contribution in [1.29, 1.82) is 0 Å². The highest BCUT2D eigenvalue weighted by atomic mass is 19.4. The Morgan fingerprint density at radius 1 is 1.39 bits per heavy atom. The lowest BCUT2D eigenvalue weighted by atomic mass is 10.2. The number of pyridine rings is 1. The summed E-state index contributed by atoms with van der Waals surface area (Å²) in [4.78, 5) is 5.68. The quantitative estimate of drug-likeness (QED) is 0.646. The minimum absolute atomic E-state index is 0.00423. The summed E-state index contributed by atoms with van der Waals surface area (Å²) in [5.41, 5.74) is 1.38. The number of anilines is 2. The second kappa shape index (κ2) is 5.43. The van der Waals surface area contributed by atoms with E-state index in [9.17, 15) is 13.2 Å². The fraction of sp³-hybridized carbons (Fsp3) is 0.545. The summed E-state index contributed by atoms with van der Waals surface area (Å²) in [5.74, 6) is 5.69. The first-order valence-corrected chi connectivity index (χ1v) is 5.51. The smallest absolute Gasteiger partial charge is 0.359 e. The van der Waals surface area contributed by atoms with Crippen LogP contribution in [0.4, 0.5) is 24.8 Å². The first-order valence-electron chi connectivity index (χ1n) is 5.51. The number of alkyl halides is 3. The van der Waals surface area contributed by atoms with Crippen molar-refractivity contribution in [2.45, 2.75) is 20.0 Å². The van der Waals surface area contributed by atoms with Gasteiger partial charge >= 0.3 is 6.18 Å². The van der Waals surface area contributed by atoms with Crippen molar-refractivity contribution in [3.63, 3.8) is 0 Å². The van der Waals surface area contributed by atoms with E-state index < -0.39 is 11.7 Å². The van der Waals surface area contributed by atoms with Crippen LogP contribution in [0.3, 0.4) is 0 Å². The number of nitrogens with zero attached hydrogens (tertiary/aromatic N) is 2. The average Bonchev–Trinajstić information content (AvgIpc) is 2.26. The molecule has 0 aromatic carbocycles. The van der Waals surface area contributed by atoms with E-state index in [-0.39, 0.29) is 11.6 Å². The van der Waals surface area contributed by atoms with Crippen molar-refractivity contribution in [1.82, 2.24) is 4.98 Å². The minimum Gasteiger partial charge on any atom is -0.359 e. The van der Waals surface area contributed by atoms with E-state index >= 15 is 0 Å². The molecule has 0 fully saturated rings. The third kappa shape index (κ3) is 3.76. The number of hydrazine groups is 1. The molecule has 0 aliphatic rings. The molecule has 0 aliphatic heterocycles. The third-order valence-electron chi connectivity index (χ3n) is 2.32. The molecule has 0 atom stereocenters. The predicted molar refractivity (Wildman–Crippen MR) is 65.2 cm³/mol. The number of rotatable bonds is 4. The number of nitrogens with one attached hydrogen (secondary N) is 1. The van der Waals surface area contributed by atoms with Crippen LogP contribution in [0.1, 0.15) is 19.4 Å². The maximum atomic E-state index is 12.7. The molecule has 0 amide bonds. The average molecular weight is 262 g/mol. The first-order chi connectivity index (χ1) is 8.24. The zero-order valence-electron chi connectivity index (χ0n) is 10.5. The summed E-state index contributed by atoms with van der Waals surface area (Å²) >= 11 is 0. The second-order valence-electron chi connectivity index (χ2n) is 4.52. The van der Waals surface area contributed by atoms with Gasteiger partial charge in [0, 0.05) is 13.6 Å². The summed E-state index contributed by atoms with van der Waals surface area (Å²) in [6.07, 6.45) is -4.41. The lowest BCUT2D eigenvalue weighted by Gasteiger charge is -2.22. The molecule has 1 rings (SSSR count). The molecule has 0 saturated carbocycles. The Labute approximate surface area is 104 Å². The van der Waals surface area contributed by atoms with Crippen molar-refractivity contribution in [3.8, 4) is 0 Å². The van der Waals surface area contributed by atoms with Gasteiger partial charge in [-0.05, 0) is 18.1 Å². The Hall–Kier alpha value is -1.50. The fourth-order valence-corrected chi connectivity index (χ4v) is 1.59. The van der Waals surface area contributed by atoms with Gasteiger partial charge in [-0.3, -0.25) is 0 Å². The Morgan fingerprint density at radius 2 is 2.00 bits per heavy atom.